The van der Waals surface area contributed by atoms with Crippen LogP contribution in [0, 0.1) is 0 Å². The van der Waals surface area contributed by atoms with Crippen molar-refractivity contribution < 1.29 is 0 Å². The third-order valence-corrected chi connectivity index (χ3v) is 9.55. The van der Waals surface area contributed by atoms with E-state index >= 15 is 0 Å². The fourth-order valence-corrected chi connectivity index (χ4v) is 0. The third kappa shape index (κ3) is 11.3. The van der Waals surface area contributed by atoms with Gasteiger partial charge in [-0.2, -0.15) is 5.05 Å². The van der Waals surface area contributed by atoms with E-state index < -0.39 is 5.72 Å². The van der Waals surface area contributed by atoms with Crippen molar-refractivity contribution >= 4 is 49.3 Å². The zero-order valence-electron chi connectivity index (χ0n) is 5.62. The van der Waals surface area contributed by atoms with Crippen LogP contribution in [0.15, 0.2) is 0 Å². The molecule has 0 saturated heterocycles. The molecule has 0 fully saturated rings. The molecule has 0 aromatic carbocycles. The molecule has 0 saturated carbocycles. The van der Waals surface area contributed by atoms with E-state index in [9.17, 15) is 0 Å². The van der Waals surface area contributed by atoms with Gasteiger partial charge in [0, 0.05) is 0 Å². The number of hydrogen-bond acceptors (Lipinski definition) is 0. The Balaban J connectivity index is 0. The standard InChI is InChI=1S/C3H9Si.CH3.HI.Mg/c1-4(2)3;;;/h1-3H3;1H3;1H;. The summed E-state index contributed by atoms with van der Waals surface area (Å²) in [7, 11) is 0. The van der Waals surface area contributed by atoms with Gasteiger partial charge in [-0.15, -0.1) is 24.0 Å². The largest absolute Gasteiger partial charge is 0.359 e. The molecule has 0 aliphatic carbocycles. The molecule has 0 rings (SSSR count). The maximum absolute atomic E-state index is 2.44. The summed E-state index contributed by atoms with van der Waals surface area (Å²) in [6.07, 6.45) is 0. The van der Waals surface area contributed by atoms with E-state index in [0.29, 0.717) is 19.6 Å². The van der Waals surface area contributed by atoms with Gasteiger partial charge in [-0.25, -0.2) is 0 Å². The summed E-state index contributed by atoms with van der Waals surface area (Å²) < 4.78 is 0. The van der Waals surface area contributed by atoms with Crippen molar-refractivity contribution in [3.05, 3.63) is 0 Å². The first-order valence-corrected chi connectivity index (χ1v) is 9.80. The second-order valence-corrected chi connectivity index (χ2v) is 17.2. The predicted molar refractivity (Wildman–Crippen MR) is 50.4 cm³/mol. The Morgan fingerprint density at radius 2 is 1.29 bits per heavy atom. The lowest BCUT2D eigenvalue weighted by Crippen LogP contribution is -2.26. The molecule has 7 heavy (non-hydrogen) atoms. The highest BCUT2D eigenvalue weighted by Crippen LogP contribution is 1.94. The highest BCUT2D eigenvalue weighted by Gasteiger charge is 2.09. The molecule has 0 atom stereocenters. The van der Waals surface area contributed by atoms with Crippen LogP contribution in [0.2, 0.25) is 24.7 Å². The molecule has 0 radical (unpaired) electrons. The quantitative estimate of drug-likeness (QED) is 0.487. The maximum atomic E-state index is 2.44. The van der Waals surface area contributed by atoms with E-state index in [-0.39, 0.29) is 24.0 Å². The second-order valence-electron chi connectivity index (χ2n) is 2.91. The summed E-state index contributed by atoms with van der Waals surface area (Å²) in [5, 5.41) is 2.41. The minimum atomic E-state index is -0.492. The maximum Gasteiger partial charge on any atom is 0.359 e. The molecule has 0 aliphatic rings. The lowest BCUT2D eigenvalue weighted by molar-refractivity contribution is 1.85. The molecule has 0 bridgehead atoms. The highest BCUT2D eigenvalue weighted by molar-refractivity contribution is 14.0. The van der Waals surface area contributed by atoms with Gasteiger partial charge < -0.3 is 0 Å². The lowest BCUT2D eigenvalue weighted by Gasteiger charge is -2.09. The molecule has 0 aromatic rings. The first-order valence-electron chi connectivity index (χ1n) is 2.56. The van der Waals surface area contributed by atoms with Crippen LogP contribution in [-0.4, -0.2) is 25.3 Å². The van der Waals surface area contributed by atoms with Gasteiger partial charge in [0.25, 0.3) is 0 Å². The van der Waals surface area contributed by atoms with E-state index in [4.69, 9.17) is 0 Å². The van der Waals surface area contributed by atoms with Crippen LogP contribution in [0.3, 0.4) is 0 Å². The minimum absolute atomic E-state index is 0. The summed E-state index contributed by atoms with van der Waals surface area (Å²) >= 11 is 0.391. The molecule has 3 heteroatoms. The van der Waals surface area contributed by atoms with Gasteiger partial charge in [0.15, 0.2) is 0 Å². The predicted octanol–water partition coefficient (Wildman–Crippen LogP) is 2.19. The molecule has 0 aliphatic heterocycles. The smallest absolute Gasteiger partial charge is 0.159 e. The Labute approximate surface area is 73.3 Å². The van der Waals surface area contributed by atoms with Gasteiger partial charge in [0.1, 0.15) is 0 Å². The van der Waals surface area contributed by atoms with Gasteiger partial charge in [-0.05, 0) is 0 Å². The number of hydrogen-bond donors (Lipinski definition) is 0. The molecule has 0 N–H and O–H groups in total. The van der Waals surface area contributed by atoms with Crippen molar-refractivity contribution in [3.8, 4) is 0 Å². The fraction of sp³-hybridized carbons (Fsp3) is 1.00. The van der Waals surface area contributed by atoms with Crippen molar-refractivity contribution in [1.82, 2.24) is 0 Å². The van der Waals surface area contributed by atoms with Gasteiger partial charge in [0.05, 0.1) is 0 Å². The van der Waals surface area contributed by atoms with Crippen LogP contribution in [0.5, 0.6) is 0 Å². The Morgan fingerprint density at radius 1 is 1.14 bits per heavy atom. The Morgan fingerprint density at radius 3 is 1.29 bits per heavy atom. The van der Waals surface area contributed by atoms with Gasteiger partial charge in [0.2, 0.25) is 0 Å². The molecule has 0 spiro atoms. The van der Waals surface area contributed by atoms with E-state index in [1.807, 2.05) is 0 Å². The molecular formula is C4H13IMgSi. The SMILES string of the molecule is I.[CH3][Mg][Si](C)(C)C. The van der Waals surface area contributed by atoms with E-state index in [2.05, 4.69) is 24.7 Å². The normalized spacial score (nSPS) is 9.14. The fourth-order valence-electron chi connectivity index (χ4n) is 0. The first-order chi connectivity index (χ1) is 2.56. The van der Waals surface area contributed by atoms with Gasteiger partial charge in [-0.3, -0.25) is 0 Å². The zero-order chi connectivity index (χ0) is 5.21. The van der Waals surface area contributed by atoms with Crippen molar-refractivity contribution in [3.63, 3.8) is 0 Å². The van der Waals surface area contributed by atoms with Crippen LogP contribution in [-0.2, 0) is 0 Å². The molecule has 42 valence electrons. The number of rotatable bonds is 1. The summed E-state index contributed by atoms with van der Waals surface area (Å²) in [5.41, 5.74) is -0.492. The minimum Gasteiger partial charge on any atom is -0.159 e. The van der Waals surface area contributed by atoms with Crippen molar-refractivity contribution in [2.24, 2.45) is 0 Å². The average Bonchev–Trinajstić information content (AvgIpc) is 1.35. The molecule has 0 nitrogen and oxygen atoms in total. The van der Waals surface area contributed by atoms with Crippen molar-refractivity contribution in [2.45, 2.75) is 24.7 Å². The van der Waals surface area contributed by atoms with Gasteiger partial charge in [-0.1, -0.05) is 25.4 Å². The molecule has 0 aromatic heterocycles. The van der Waals surface area contributed by atoms with E-state index in [0.717, 1.165) is 0 Å². The summed E-state index contributed by atoms with van der Waals surface area (Å²) in [6.45, 7) is 7.33. The molecule has 0 amide bonds. The molecule has 0 unspecified atom stereocenters. The Bertz CT molecular complexity index is 41.4. The Kier molecular flexibility index (Phi) is 7.52. The van der Waals surface area contributed by atoms with Crippen molar-refractivity contribution in [2.75, 3.05) is 0 Å². The topological polar surface area (TPSA) is 0 Å². The summed E-state index contributed by atoms with van der Waals surface area (Å²) in [6, 6.07) is 0. The second kappa shape index (κ2) is 4.58. The van der Waals surface area contributed by atoms with E-state index in [1.165, 1.54) is 0 Å². The van der Waals surface area contributed by atoms with Crippen LogP contribution in [0.1, 0.15) is 0 Å². The Hall–Kier alpha value is 1.71. The van der Waals surface area contributed by atoms with Crippen LogP contribution in [0.25, 0.3) is 0 Å². The zero-order valence-corrected chi connectivity index (χ0v) is 10.4. The van der Waals surface area contributed by atoms with Crippen LogP contribution < -0.4 is 0 Å². The lowest BCUT2D eigenvalue weighted by atomic mass is 11.8. The molecular weight excluding hydrogens is 227 g/mol. The third-order valence-electron chi connectivity index (χ3n) is 1.06. The first kappa shape index (κ1) is 11.5. The van der Waals surface area contributed by atoms with Crippen molar-refractivity contribution in [1.29, 1.82) is 0 Å². The number of halogens is 1. The monoisotopic (exact) mass is 240 g/mol. The summed E-state index contributed by atoms with van der Waals surface area (Å²) in [5.74, 6) is 0. The highest BCUT2D eigenvalue weighted by atomic mass is 127. The van der Waals surface area contributed by atoms with E-state index in [1.54, 1.807) is 0 Å². The van der Waals surface area contributed by atoms with Gasteiger partial charge >= 0.3 is 19.6 Å². The van der Waals surface area contributed by atoms with Crippen LogP contribution >= 0.6 is 24.0 Å². The summed E-state index contributed by atoms with van der Waals surface area (Å²) in [4.78, 5) is 0. The average molecular weight is 240 g/mol. The van der Waals surface area contributed by atoms with Crippen LogP contribution in [0.4, 0.5) is 0 Å². The molecule has 0 heterocycles.